The van der Waals surface area contributed by atoms with E-state index in [4.69, 9.17) is 13.7 Å². The Kier molecular flexibility index (Phi) is 5.91. The molecular formula is C19H23N3O9S. The third-order valence-electron chi connectivity index (χ3n) is 4.71. The van der Waals surface area contributed by atoms with Gasteiger partial charge in [0.2, 0.25) is 0 Å². The minimum atomic E-state index is -3.79. The second kappa shape index (κ2) is 8.06. The highest BCUT2D eigenvalue weighted by atomic mass is 32.2. The van der Waals surface area contributed by atoms with Gasteiger partial charge in [0.1, 0.15) is 16.8 Å². The van der Waals surface area contributed by atoms with Crippen molar-refractivity contribution in [3.63, 3.8) is 0 Å². The zero-order valence-electron chi connectivity index (χ0n) is 18.1. The van der Waals surface area contributed by atoms with Gasteiger partial charge in [0.15, 0.2) is 0 Å². The van der Waals surface area contributed by atoms with E-state index in [2.05, 4.69) is 4.98 Å². The van der Waals surface area contributed by atoms with Crippen molar-refractivity contribution in [2.75, 3.05) is 31.4 Å². The first-order valence-electron chi connectivity index (χ1n) is 9.49. The lowest BCUT2D eigenvalue weighted by Gasteiger charge is -2.25. The summed E-state index contributed by atoms with van der Waals surface area (Å²) in [5, 5.41) is 12.0. The largest absolute Gasteiger partial charge is 0.464 e. The highest BCUT2D eigenvalue weighted by molar-refractivity contribution is 7.85. The fourth-order valence-electron chi connectivity index (χ4n) is 3.54. The first-order chi connectivity index (χ1) is 14.7. The SMILES string of the molecule is COC(=O)c1cc2c3c(cc([N+](=O)[O-])c2[nH]1)N(C(=O)OC(C)(C)C)C[C@@H]3COS(C)(=O)=O. The molecule has 0 bridgehead atoms. The molecule has 1 amide bonds. The Morgan fingerprint density at radius 3 is 2.50 bits per heavy atom. The molecule has 0 unspecified atom stereocenters. The van der Waals surface area contributed by atoms with E-state index in [9.17, 15) is 28.1 Å². The Hall–Kier alpha value is -3.19. The number of nitrogens with zero attached hydrogens (tertiary/aromatic N) is 2. The molecule has 0 fully saturated rings. The summed E-state index contributed by atoms with van der Waals surface area (Å²) in [6.45, 7) is 4.68. The van der Waals surface area contributed by atoms with Gasteiger partial charge in [0, 0.05) is 23.9 Å². The minimum Gasteiger partial charge on any atom is -0.464 e. The van der Waals surface area contributed by atoms with Gasteiger partial charge in [-0.1, -0.05) is 0 Å². The number of non-ortho nitro benzene ring substituents is 1. The van der Waals surface area contributed by atoms with Gasteiger partial charge in [-0.05, 0) is 32.4 Å². The van der Waals surface area contributed by atoms with Gasteiger partial charge in [0.25, 0.3) is 15.8 Å². The average molecular weight is 469 g/mol. The molecule has 1 aromatic heterocycles. The van der Waals surface area contributed by atoms with Gasteiger partial charge in [-0.25, -0.2) is 9.59 Å². The summed E-state index contributed by atoms with van der Waals surface area (Å²) in [6.07, 6.45) is 0.143. The minimum absolute atomic E-state index is 0.0301. The van der Waals surface area contributed by atoms with Crippen molar-refractivity contribution in [1.29, 1.82) is 0 Å². The van der Waals surface area contributed by atoms with E-state index >= 15 is 0 Å². The molecule has 1 atom stereocenters. The lowest BCUT2D eigenvalue weighted by atomic mass is 9.97. The van der Waals surface area contributed by atoms with Crippen molar-refractivity contribution in [1.82, 2.24) is 4.98 Å². The number of hydrogen-bond acceptors (Lipinski definition) is 9. The molecule has 13 heteroatoms. The number of rotatable bonds is 5. The number of nitrogens with one attached hydrogen (secondary N) is 1. The number of amides is 1. The third-order valence-corrected chi connectivity index (χ3v) is 5.28. The maximum absolute atomic E-state index is 12.8. The van der Waals surface area contributed by atoms with Crippen LogP contribution in [0.15, 0.2) is 12.1 Å². The van der Waals surface area contributed by atoms with Crippen LogP contribution < -0.4 is 4.90 Å². The molecule has 32 heavy (non-hydrogen) atoms. The van der Waals surface area contributed by atoms with Crippen LogP contribution in [0.1, 0.15) is 42.7 Å². The lowest BCUT2D eigenvalue weighted by Crippen LogP contribution is -2.36. The summed E-state index contributed by atoms with van der Waals surface area (Å²) in [5.74, 6) is -1.40. The Bertz CT molecular complexity index is 1210. The predicted octanol–water partition coefficient (Wildman–Crippen LogP) is 2.68. The molecule has 0 saturated carbocycles. The summed E-state index contributed by atoms with van der Waals surface area (Å²) in [5.41, 5.74) is -0.586. The topological polar surface area (TPSA) is 158 Å². The summed E-state index contributed by atoms with van der Waals surface area (Å²) in [6, 6.07) is 2.57. The molecule has 2 heterocycles. The molecule has 1 aliphatic heterocycles. The number of anilines is 1. The molecule has 3 rings (SSSR count). The first kappa shape index (κ1) is 23.5. The van der Waals surface area contributed by atoms with Gasteiger partial charge in [-0.2, -0.15) is 8.42 Å². The molecular weight excluding hydrogens is 446 g/mol. The van der Waals surface area contributed by atoms with E-state index in [1.165, 1.54) is 24.1 Å². The number of aromatic nitrogens is 1. The van der Waals surface area contributed by atoms with Crippen LogP contribution in [0.2, 0.25) is 0 Å². The summed E-state index contributed by atoms with van der Waals surface area (Å²) >= 11 is 0. The van der Waals surface area contributed by atoms with Crippen molar-refractivity contribution >= 4 is 44.5 Å². The number of carbonyl (C=O) groups excluding carboxylic acids is 2. The fourth-order valence-corrected chi connectivity index (χ4v) is 3.96. The maximum atomic E-state index is 12.8. The normalized spacial score (nSPS) is 16.2. The van der Waals surface area contributed by atoms with Crippen molar-refractivity contribution in [3.8, 4) is 0 Å². The number of hydrogen-bond donors (Lipinski definition) is 1. The Balaban J connectivity index is 2.23. The monoisotopic (exact) mass is 469 g/mol. The van der Waals surface area contributed by atoms with E-state index in [0.717, 1.165) is 6.26 Å². The van der Waals surface area contributed by atoms with Gasteiger partial charge in [-0.3, -0.25) is 19.2 Å². The Morgan fingerprint density at radius 2 is 1.97 bits per heavy atom. The fraction of sp³-hybridized carbons (Fsp3) is 0.474. The lowest BCUT2D eigenvalue weighted by molar-refractivity contribution is -0.383. The quantitative estimate of drug-likeness (QED) is 0.301. The predicted molar refractivity (Wildman–Crippen MR) is 113 cm³/mol. The van der Waals surface area contributed by atoms with Crippen molar-refractivity contribution < 1.29 is 36.6 Å². The number of methoxy groups -OCH3 is 1. The number of H-pyrrole nitrogens is 1. The molecule has 0 aliphatic carbocycles. The number of nitro groups is 1. The number of fused-ring (bicyclic) bond motifs is 3. The van der Waals surface area contributed by atoms with E-state index in [1.807, 2.05) is 0 Å². The molecule has 174 valence electrons. The van der Waals surface area contributed by atoms with Crippen molar-refractivity contribution in [2.24, 2.45) is 0 Å². The number of esters is 1. The molecule has 1 aromatic carbocycles. The van der Waals surface area contributed by atoms with Crippen LogP contribution in [0.4, 0.5) is 16.2 Å². The molecule has 12 nitrogen and oxygen atoms in total. The molecule has 0 spiro atoms. The summed E-state index contributed by atoms with van der Waals surface area (Å²) in [7, 11) is -2.63. The van der Waals surface area contributed by atoms with Gasteiger partial charge in [0.05, 0.1) is 30.6 Å². The van der Waals surface area contributed by atoms with E-state index < -0.39 is 38.6 Å². The maximum Gasteiger partial charge on any atom is 0.414 e. The van der Waals surface area contributed by atoms with Crippen LogP contribution in [-0.2, 0) is 23.8 Å². The van der Waals surface area contributed by atoms with Crippen LogP contribution in [0.5, 0.6) is 0 Å². The number of carbonyl (C=O) groups is 2. The van der Waals surface area contributed by atoms with E-state index in [1.54, 1.807) is 20.8 Å². The van der Waals surface area contributed by atoms with Crippen LogP contribution in [-0.4, -0.2) is 62.5 Å². The molecule has 2 aromatic rings. The average Bonchev–Trinajstić information content (AvgIpc) is 3.24. The highest BCUT2D eigenvalue weighted by Gasteiger charge is 2.39. The summed E-state index contributed by atoms with van der Waals surface area (Å²) < 4.78 is 38.2. The van der Waals surface area contributed by atoms with E-state index in [-0.39, 0.29) is 41.1 Å². The van der Waals surface area contributed by atoms with Crippen LogP contribution in [0, 0.1) is 10.1 Å². The van der Waals surface area contributed by atoms with Crippen LogP contribution in [0.25, 0.3) is 10.9 Å². The molecule has 1 N–H and O–H groups in total. The standard InChI is InChI=1S/C19H23N3O9S/c1-19(2,3)31-18(24)21-8-10(9-30-32(5,27)28)15-11-6-12(17(23)29-4)20-16(11)14(22(25)26)7-13(15)21/h6-7,10,20H,8-9H2,1-5H3/t10-/m1/s1. The smallest absolute Gasteiger partial charge is 0.414 e. The van der Waals surface area contributed by atoms with Gasteiger partial charge >= 0.3 is 12.1 Å². The zero-order valence-corrected chi connectivity index (χ0v) is 18.9. The Labute approximate surface area is 183 Å². The molecule has 0 saturated heterocycles. The molecule has 0 radical (unpaired) electrons. The van der Waals surface area contributed by atoms with Crippen molar-refractivity contribution in [2.45, 2.75) is 32.3 Å². The highest BCUT2D eigenvalue weighted by Crippen LogP contribution is 2.45. The second-order valence-electron chi connectivity index (χ2n) is 8.33. The number of nitro benzene ring substituents is 1. The second-order valence-corrected chi connectivity index (χ2v) is 9.97. The molecule has 1 aliphatic rings. The van der Waals surface area contributed by atoms with Gasteiger partial charge in [-0.15, -0.1) is 0 Å². The van der Waals surface area contributed by atoms with Crippen LogP contribution in [0.3, 0.4) is 0 Å². The van der Waals surface area contributed by atoms with E-state index in [0.29, 0.717) is 5.56 Å². The summed E-state index contributed by atoms with van der Waals surface area (Å²) in [4.78, 5) is 39.8. The number of ether oxygens (including phenoxy) is 2. The Morgan fingerprint density at radius 1 is 1.31 bits per heavy atom. The zero-order chi connectivity index (χ0) is 24.0. The number of benzene rings is 1. The van der Waals surface area contributed by atoms with Crippen molar-refractivity contribution in [3.05, 3.63) is 33.5 Å². The van der Waals surface area contributed by atoms with Gasteiger partial charge < -0.3 is 14.5 Å². The number of aromatic amines is 1. The first-order valence-corrected chi connectivity index (χ1v) is 11.3. The van der Waals surface area contributed by atoms with Crippen LogP contribution >= 0.6 is 0 Å². The third kappa shape index (κ3) is 4.67.